The van der Waals surface area contributed by atoms with Crippen LogP contribution in [-0.2, 0) is 19.3 Å². The van der Waals surface area contributed by atoms with Crippen LogP contribution in [0.4, 0.5) is 5.69 Å². The van der Waals surface area contributed by atoms with Crippen molar-refractivity contribution in [2.75, 3.05) is 32.7 Å². The molecule has 144 valence electrons. The van der Waals surface area contributed by atoms with Crippen LogP contribution in [0.2, 0.25) is 0 Å². The van der Waals surface area contributed by atoms with Crippen LogP contribution < -0.4 is 0 Å². The van der Waals surface area contributed by atoms with E-state index in [1.807, 2.05) is 18.2 Å². The van der Waals surface area contributed by atoms with Gasteiger partial charge in [-0.25, -0.2) is 0 Å². The zero-order valence-electron chi connectivity index (χ0n) is 15.9. The number of non-ortho nitro benzene ring substituents is 1. The van der Waals surface area contributed by atoms with E-state index >= 15 is 0 Å². The molecule has 0 N–H and O–H groups in total. The fourth-order valence-corrected chi connectivity index (χ4v) is 4.35. The summed E-state index contributed by atoms with van der Waals surface area (Å²) < 4.78 is 0. The molecule has 4 rings (SSSR count). The highest BCUT2D eigenvalue weighted by molar-refractivity contribution is 5.41. The molecule has 1 unspecified atom stereocenters. The molecule has 0 spiro atoms. The highest BCUT2D eigenvalue weighted by atomic mass is 16.6. The highest BCUT2D eigenvalue weighted by Gasteiger charge is 2.29. The summed E-state index contributed by atoms with van der Waals surface area (Å²) in [6, 6.07) is 15.8. The quantitative estimate of drug-likeness (QED) is 0.593. The predicted molar refractivity (Wildman–Crippen MR) is 107 cm³/mol. The summed E-state index contributed by atoms with van der Waals surface area (Å²) in [5, 5.41) is 19.8. The maximum absolute atomic E-state index is 10.7. The molecule has 1 fully saturated rings. The van der Waals surface area contributed by atoms with E-state index < -0.39 is 0 Å². The van der Waals surface area contributed by atoms with Gasteiger partial charge in [-0.2, -0.15) is 5.26 Å². The van der Waals surface area contributed by atoms with Gasteiger partial charge in [0.1, 0.15) is 0 Å². The van der Waals surface area contributed by atoms with Crippen molar-refractivity contribution in [3.05, 3.63) is 74.8 Å². The molecule has 0 amide bonds. The summed E-state index contributed by atoms with van der Waals surface area (Å²) in [7, 11) is 0. The summed E-state index contributed by atoms with van der Waals surface area (Å²) in [6.07, 6.45) is 3.06. The second-order valence-corrected chi connectivity index (χ2v) is 7.71. The molecule has 2 aromatic carbocycles. The van der Waals surface area contributed by atoms with E-state index in [4.69, 9.17) is 5.26 Å². The minimum Gasteiger partial charge on any atom is -0.300 e. The molecule has 1 aliphatic heterocycles. The van der Waals surface area contributed by atoms with Gasteiger partial charge in [0.2, 0.25) is 0 Å². The first-order valence-electron chi connectivity index (χ1n) is 9.84. The molecule has 0 saturated carbocycles. The molecule has 2 aromatic rings. The first-order chi connectivity index (χ1) is 13.6. The van der Waals surface area contributed by atoms with Gasteiger partial charge in [-0.15, -0.1) is 0 Å². The Hall–Kier alpha value is -2.75. The first kappa shape index (κ1) is 18.6. The predicted octanol–water partition coefficient (Wildman–Crippen LogP) is 2.79. The smallest absolute Gasteiger partial charge is 0.269 e. The Balaban J connectivity index is 1.25. The number of nitro benzene ring substituents is 1. The van der Waals surface area contributed by atoms with E-state index in [1.165, 1.54) is 11.1 Å². The molecular weight excluding hydrogens is 352 g/mol. The molecular formula is C22H24N4O2. The maximum Gasteiger partial charge on any atom is 0.269 e. The minimum atomic E-state index is -0.356. The molecule has 1 aliphatic carbocycles. The molecule has 1 saturated heterocycles. The van der Waals surface area contributed by atoms with Crippen molar-refractivity contribution in [3.63, 3.8) is 0 Å². The van der Waals surface area contributed by atoms with E-state index in [0.717, 1.165) is 63.1 Å². The number of hydrogen-bond donors (Lipinski definition) is 0. The van der Waals surface area contributed by atoms with E-state index in [2.05, 4.69) is 28.0 Å². The van der Waals surface area contributed by atoms with Crippen molar-refractivity contribution in [1.29, 1.82) is 5.26 Å². The third-order valence-electron chi connectivity index (χ3n) is 6.03. The van der Waals surface area contributed by atoms with Crippen molar-refractivity contribution in [3.8, 4) is 6.07 Å². The standard InChI is InChI=1S/C22H24N4O2/c23-16-18-1-4-19-14-22(15-20(19)13-18)25-11-9-24(10-12-25)8-7-17-2-5-21(6-3-17)26(27)28/h1-6,13,22H,7-12,14-15H2. The third kappa shape index (κ3) is 4.06. The van der Waals surface area contributed by atoms with Crippen LogP contribution in [0.15, 0.2) is 42.5 Å². The summed E-state index contributed by atoms with van der Waals surface area (Å²) in [5.41, 5.74) is 4.79. The van der Waals surface area contributed by atoms with Gasteiger partial charge < -0.3 is 4.90 Å². The lowest BCUT2D eigenvalue weighted by molar-refractivity contribution is -0.384. The summed E-state index contributed by atoms with van der Waals surface area (Å²) >= 11 is 0. The van der Waals surface area contributed by atoms with Gasteiger partial charge in [0, 0.05) is 50.9 Å². The van der Waals surface area contributed by atoms with Crippen molar-refractivity contribution in [2.45, 2.75) is 25.3 Å². The number of piperazine rings is 1. The average Bonchev–Trinajstić information content (AvgIpc) is 3.16. The van der Waals surface area contributed by atoms with Crippen LogP contribution in [0.25, 0.3) is 0 Å². The molecule has 6 heteroatoms. The number of nitro groups is 1. The monoisotopic (exact) mass is 376 g/mol. The Morgan fingerprint density at radius 1 is 1.04 bits per heavy atom. The van der Waals surface area contributed by atoms with Gasteiger partial charge in [0.25, 0.3) is 5.69 Å². The molecule has 6 nitrogen and oxygen atoms in total. The number of hydrogen-bond acceptors (Lipinski definition) is 5. The molecule has 0 aromatic heterocycles. The Labute approximate surface area is 165 Å². The van der Waals surface area contributed by atoms with Crippen LogP contribution in [0.1, 0.15) is 22.3 Å². The SMILES string of the molecule is N#Cc1ccc2c(c1)CC(N1CCN(CCc3ccc([N+](=O)[O-])cc3)CC1)C2. The lowest BCUT2D eigenvalue weighted by Gasteiger charge is -2.38. The minimum absolute atomic E-state index is 0.150. The zero-order chi connectivity index (χ0) is 19.5. The molecule has 1 heterocycles. The van der Waals surface area contributed by atoms with Crippen LogP contribution in [0, 0.1) is 21.4 Å². The summed E-state index contributed by atoms with van der Waals surface area (Å²) in [5.74, 6) is 0. The van der Waals surface area contributed by atoms with Crippen molar-refractivity contribution in [1.82, 2.24) is 9.80 Å². The number of nitrogens with zero attached hydrogens (tertiary/aromatic N) is 4. The Kier molecular flexibility index (Phi) is 5.38. The van der Waals surface area contributed by atoms with E-state index in [9.17, 15) is 10.1 Å². The zero-order valence-corrected chi connectivity index (χ0v) is 15.9. The van der Waals surface area contributed by atoms with Gasteiger partial charge in [-0.1, -0.05) is 18.2 Å². The molecule has 28 heavy (non-hydrogen) atoms. The topological polar surface area (TPSA) is 73.4 Å². The van der Waals surface area contributed by atoms with Gasteiger partial charge in [0.15, 0.2) is 0 Å². The van der Waals surface area contributed by atoms with E-state index in [0.29, 0.717) is 6.04 Å². The highest BCUT2D eigenvalue weighted by Crippen LogP contribution is 2.27. The largest absolute Gasteiger partial charge is 0.300 e. The fraction of sp³-hybridized carbons (Fsp3) is 0.409. The number of nitriles is 1. The van der Waals surface area contributed by atoms with Crippen molar-refractivity contribution >= 4 is 5.69 Å². The molecule has 0 bridgehead atoms. The average molecular weight is 376 g/mol. The molecule has 0 radical (unpaired) electrons. The maximum atomic E-state index is 10.7. The Morgan fingerprint density at radius 2 is 1.75 bits per heavy atom. The normalized spacial score (nSPS) is 19.9. The van der Waals surface area contributed by atoms with E-state index in [-0.39, 0.29) is 10.6 Å². The second-order valence-electron chi connectivity index (χ2n) is 7.71. The molecule has 2 aliphatic rings. The van der Waals surface area contributed by atoms with Crippen LogP contribution >= 0.6 is 0 Å². The Morgan fingerprint density at radius 3 is 2.43 bits per heavy atom. The third-order valence-corrected chi connectivity index (χ3v) is 6.03. The second kappa shape index (κ2) is 8.09. The van der Waals surface area contributed by atoms with Crippen LogP contribution in [0.3, 0.4) is 0 Å². The van der Waals surface area contributed by atoms with Crippen LogP contribution in [0.5, 0.6) is 0 Å². The van der Waals surface area contributed by atoms with Gasteiger partial charge in [-0.05, 0) is 48.1 Å². The first-order valence-corrected chi connectivity index (χ1v) is 9.84. The lowest BCUT2D eigenvalue weighted by atomic mass is 10.1. The lowest BCUT2D eigenvalue weighted by Crippen LogP contribution is -2.50. The number of benzene rings is 2. The van der Waals surface area contributed by atoms with E-state index in [1.54, 1.807) is 12.1 Å². The van der Waals surface area contributed by atoms with Crippen LogP contribution in [-0.4, -0.2) is 53.5 Å². The summed E-state index contributed by atoms with van der Waals surface area (Å²) in [4.78, 5) is 15.5. The van der Waals surface area contributed by atoms with Gasteiger partial charge >= 0.3 is 0 Å². The fourth-order valence-electron chi connectivity index (χ4n) is 4.35. The van der Waals surface area contributed by atoms with Gasteiger partial charge in [0.05, 0.1) is 16.6 Å². The molecule has 1 atom stereocenters. The number of rotatable bonds is 5. The van der Waals surface area contributed by atoms with Crippen molar-refractivity contribution < 1.29 is 4.92 Å². The summed E-state index contributed by atoms with van der Waals surface area (Å²) in [6.45, 7) is 5.25. The van der Waals surface area contributed by atoms with Gasteiger partial charge in [-0.3, -0.25) is 15.0 Å². The Bertz CT molecular complexity index is 896. The number of fused-ring (bicyclic) bond motifs is 1. The van der Waals surface area contributed by atoms with Crippen molar-refractivity contribution in [2.24, 2.45) is 0 Å².